The number of methoxy groups -OCH3 is 1. The van der Waals surface area contributed by atoms with E-state index in [2.05, 4.69) is 6.07 Å². The van der Waals surface area contributed by atoms with Gasteiger partial charge in [0.25, 0.3) is 0 Å². The molecule has 3 heteroatoms. The molecule has 2 aromatic rings. The normalized spacial score (nSPS) is 20.9. The van der Waals surface area contributed by atoms with Gasteiger partial charge >= 0.3 is 0 Å². The van der Waals surface area contributed by atoms with Crippen LogP contribution in [0.2, 0.25) is 5.02 Å². The van der Waals surface area contributed by atoms with Crippen molar-refractivity contribution in [3.8, 4) is 5.75 Å². The van der Waals surface area contributed by atoms with Crippen molar-refractivity contribution in [1.82, 2.24) is 0 Å². The summed E-state index contributed by atoms with van der Waals surface area (Å²) in [7, 11) is 1.67. The first kappa shape index (κ1) is 14.4. The van der Waals surface area contributed by atoms with Crippen LogP contribution in [0.5, 0.6) is 5.75 Å². The smallest absolute Gasteiger partial charge is 0.119 e. The summed E-state index contributed by atoms with van der Waals surface area (Å²) >= 11 is 6.22. The van der Waals surface area contributed by atoms with Crippen molar-refractivity contribution >= 4 is 11.6 Å². The molecule has 1 aliphatic carbocycles. The average molecular weight is 303 g/mol. The van der Waals surface area contributed by atoms with E-state index < -0.39 is 5.60 Å². The molecule has 0 saturated carbocycles. The molecule has 1 atom stereocenters. The first-order chi connectivity index (χ1) is 10.1. The van der Waals surface area contributed by atoms with Crippen LogP contribution in [0.3, 0.4) is 0 Å². The van der Waals surface area contributed by atoms with Gasteiger partial charge in [-0.1, -0.05) is 35.9 Å². The highest BCUT2D eigenvalue weighted by atomic mass is 35.5. The Morgan fingerprint density at radius 2 is 2.00 bits per heavy atom. The van der Waals surface area contributed by atoms with Crippen molar-refractivity contribution in [2.24, 2.45) is 0 Å². The minimum Gasteiger partial charge on any atom is -0.497 e. The Hall–Kier alpha value is -1.51. The van der Waals surface area contributed by atoms with Crippen molar-refractivity contribution < 1.29 is 9.84 Å². The van der Waals surface area contributed by atoms with Crippen molar-refractivity contribution in [3.05, 3.63) is 64.2 Å². The lowest BCUT2D eigenvalue weighted by Crippen LogP contribution is -2.38. The van der Waals surface area contributed by atoms with Crippen LogP contribution in [0.4, 0.5) is 0 Å². The van der Waals surface area contributed by atoms with Gasteiger partial charge < -0.3 is 9.84 Å². The molecule has 110 valence electrons. The Kier molecular flexibility index (Phi) is 3.92. The Balaban J connectivity index is 1.85. The van der Waals surface area contributed by atoms with Gasteiger partial charge in [0.2, 0.25) is 0 Å². The monoisotopic (exact) mass is 302 g/mol. The van der Waals surface area contributed by atoms with E-state index in [1.807, 2.05) is 36.4 Å². The van der Waals surface area contributed by atoms with Gasteiger partial charge in [0, 0.05) is 17.9 Å². The first-order valence-electron chi connectivity index (χ1n) is 7.21. The lowest BCUT2D eigenvalue weighted by Gasteiger charge is -2.34. The quantitative estimate of drug-likeness (QED) is 0.934. The molecule has 0 fully saturated rings. The Labute approximate surface area is 130 Å². The van der Waals surface area contributed by atoms with Gasteiger partial charge in [-0.3, -0.25) is 0 Å². The standard InChI is InChI=1S/C18H19ClO2/c1-21-16-7-6-13-8-9-18(20,12-15(13)10-16)11-14-4-2-3-5-17(14)19/h2-7,10,20H,8-9,11-12H2,1H3. The number of hydrogen-bond acceptors (Lipinski definition) is 2. The number of halogens is 1. The third kappa shape index (κ3) is 3.07. The summed E-state index contributed by atoms with van der Waals surface area (Å²) in [5.41, 5.74) is 2.76. The molecule has 2 aromatic carbocycles. The molecule has 0 aliphatic heterocycles. The third-order valence-electron chi connectivity index (χ3n) is 4.27. The van der Waals surface area contributed by atoms with Gasteiger partial charge in [-0.05, 0) is 47.7 Å². The van der Waals surface area contributed by atoms with Gasteiger partial charge in [0.1, 0.15) is 5.75 Å². The molecular formula is C18H19ClO2. The lowest BCUT2D eigenvalue weighted by atomic mass is 9.77. The zero-order valence-corrected chi connectivity index (χ0v) is 12.9. The summed E-state index contributed by atoms with van der Waals surface area (Å²) in [4.78, 5) is 0. The van der Waals surface area contributed by atoms with Crippen LogP contribution in [0.15, 0.2) is 42.5 Å². The molecule has 0 saturated heterocycles. The highest BCUT2D eigenvalue weighted by Gasteiger charge is 2.32. The van der Waals surface area contributed by atoms with Crippen molar-refractivity contribution in [3.63, 3.8) is 0 Å². The number of fused-ring (bicyclic) bond motifs is 1. The van der Waals surface area contributed by atoms with E-state index in [0.717, 1.165) is 29.2 Å². The van der Waals surface area contributed by atoms with Crippen LogP contribution in [0.1, 0.15) is 23.1 Å². The summed E-state index contributed by atoms with van der Waals surface area (Å²) in [6.45, 7) is 0. The number of aryl methyl sites for hydroxylation is 1. The maximum absolute atomic E-state index is 11.0. The highest BCUT2D eigenvalue weighted by Crippen LogP contribution is 2.34. The second kappa shape index (κ2) is 5.70. The predicted octanol–water partition coefficient (Wildman–Crippen LogP) is 3.81. The summed E-state index contributed by atoms with van der Waals surface area (Å²) in [6, 6.07) is 13.9. The predicted molar refractivity (Wildman–Crippen MR) is 85.1 cm³/mol. The zero-order chi connectivity index (χ0) is 14.9. The first-order valence-corrected chi connectivity index (χ1v) is 7.59. The van der Waals surface area contributed by atoms with Gasteiger partial charge in [0.15, 0.2) is 0 Å². The second-order valence-electron chi connectivity index (χ2n) is 5.80. The number of ether oxygens (including phenoxy) is 1. The van der Waals surface area contributed by atoms with Crippen LogP contribution in [0, 0.1) is 0 Å². The van der Waals surface area contributed by atoms with E-state index in [1.165, 1.54) is 11.1 Å². The second-order valence-corrected chi connectivity index (χ2v) is 6.21. The highest BCUT2D eigenvalue weighted by molar-refractivity contribution is 6.31. The molecule has 3 rings (SSSR count). The molecule has 0 radical (unpaired) electrons. The molecule has 0 amide bonds. The molecule has 2 nitrogen and oxygen atoms in total. The van der Waals surface area contributed by atoms with Gasteiger partial charge in [-0.15, -0.1) is 0 Å². The fourth-order valence-electron chi connectivity index (χ4n) is 3.10. The van der Waals surface area contributed by atoms with E-state index >= 15 is 0 Å². The molecule has 0 bridgehead atoms. The molecule has 1 unspecified atom stereocenters. The van der Waals surface area contributed by atoms with E-state index in [1.54, 1.807) is 7.11 Å². The molecule has 0 heterocycles. The number of rotatable bonds is 3. The largest absolute Gasteiger partial charge is 0.497 e. The molecule has 1 aliphatic rings. The maximum atomic E-state index is 11.0. The lowest BCUT2D eigenvalue weighted by molar-refractivity contribution is 0.0267. The van der Waals surface area contributed by atoms with Crippen molar-refractivity contribution in [2.45, 2.75) is 31.3 Å². The van der Waals surface area contributed by atoms with Crippen molar-refractivity contribution in [2.75, 3.05) is 7.11 Å². The maximum Gasteiger partial charge on any atom is 0.119 e. The van der Waals surface area contributed by atoms with Gasteiger partial charge in [0.05, 0.1) is 12.7 Å². The molecule has 21 heavy (non-hydrogen) atoms. The van der Waals surface area contributed by atoms with Crippen LogP contribution in [-0.2, 0) is 19.3 Å². The summed E-state index contributed by atoms with van der Waals surface area (Å²) in [5.74, 6) is 0.843. The molecule has 0 spiro atoms. The minimum atomic E-state index is -0.732. The van der Waals surface area contributed by atoms with E-state index in [4.69, 9.17) is 16.3 Å². The zero-order valence-electron chi connectivity index (χ0n) is 12.1. The van der Waals surface area contributed by atoms with E-state index in [0.29, 0.717) is 12.8 Å². The van der Waals surface area contributed by atoms with E-state index in [9.17, 15) is 5.11 Å². The number of hydrogen-bond donors (Lipinski definition) is 1. The van der Waals surface area contributed by atoms with Crippen LogP contribution >= 0.6 is 11.6 Å². The summed E-state index contributed by atoms with van der Waals surface area (Å²) < 4.78 is 5.28. The molecule has 1 N–H and O–H groups in total. The number of aliphatic hydroxyl groups is 1. The minimum absolute atomic E-state index is 0.587. The van der Waals surface area contributed by atoms with Crippen LogP contribution in [0.25, 0.3) is 0 Å². The SMILES string of the molecule is COc1ccc2c(c1)CC(O)(Cc1ccccc1Cl)CC2. The fraction of sp³-hybridized carbons (Fsp3) is 0.333. The van der Waals surface area contributed by atoms with Gasteiger partial charge in [-0.2, -0.15) is 0 Å². The molecular weight excluding hydrogens is 284 g/mol. The third-order valence-corrected chi connectivity index (χ3v) is 4.64. The van der Waals surface area contributed by atoms with Crippen LogP contribution in [-0.4, -0.2) is 17.8 Å². The van der Waals surface area contributed by atoms with Crippen molar-refractivity contribution in [1.29, 1.82) is 0 Å². The van der Waals surface area contributed by atoms with Gasteiger partial charge in [-0.25, -0.2) is 0 Å². The summed E-state index contributed by atoms with van der Waals surface area (Å²) in [5, 5.41) is 11.7. The Morgan fingerprint density at radius 3 is 2.76 bits per heavy atom. The van der Waals surface area contributed by atoms with E-state index in [-0.39, 0.29) is 0 Å². The Bertz CT molecular complexity index is 653. The molecule has 0 aromatic heterocycles. The average Bonchev–Trinajstić information content (AvgIpc) is 2.48. The topological polar surface area (TPSA) is 29.5 Å². The fourth-order valence-corrected chi connectivity index (χ4v) is 3.30. The van der Waals surface area contributed by atoms with Crippen LogP contribution < -0.4 is 4.74 Å². The Morgan fingerprint density at radius 1 is 1.19 bits per heavy atom. The summed E-state index contributed by atoms with van der Waals surface area (Å²) in [6.07, 6.45) is 2.88. The number of benzene rings is 2.